The summed E-state index contributed by atoms with van der Waals surface area (Å²) in [7, 11) is 0. The number of benzene rings is 12. The highest BCUT2D eigenvalue weighted by Crippen LogP contribution is 2.43. The van der Waals surface area contributed by atoms with E-state index < -0.39 is 0 Å². The van der Waals surface area contributed by atoms with Gasteiger partial charge in [-0.25, -0.2) is 15.0 Å². The van der Waals surface area contributed by atoms with Crippen molar-refractivity contribution in [1.82, 2.24) is 15.0 Å². The molecule has 0 radical (unpaired) electrons. The molecular weight excluding hydrogens is 1230 g/mol. The first kappa shape index (κ1) is 63.2. The van der Waals surface area contributed by atoms with E-state index in [9.17, 15) is 0 Å². The monoisotopic (exact) mass is 1310 g/mol. The largest absolute Gasteiger partial charge is 0.455 e. The molecule has 0 atom stereocenters. The Morgan fingerprint density at radius 2 is 0.610 bits per heavy atom. The van der Waals surface area contributed by atoms with E-state index in [2.05, 4.69) is 234 Å². The van der Waals surface area contributed by atoms with Crippen LogP contribution in [0.4, 0.5) is 0 Å². The molecule has 12 aromatic carbocycles. The Labute approximate surface area is 580 Å². The van der Waals surface area contributed by atoms with E-state index in [4.69, 9.17) is 26.5 Å². The van der Waals surface area contributed by atoms with E-state index >= 15 is 0 Å². The van der Waals surface area contributed by atoms with Crippen LogP contribution in [-0.4, -0.2) is 15.0 Å². The quantitative estimate of drug-likeness (QED) is 0.105. The van der Waals surface area contributed by atoms with E-state index in [1.54, 1.807) is 0 Å². The van der Waals surface area contributed by atoms with Gasteiger partial charge in [0.05, 0.1) is 0 Å². The van der Waals surface area contributed by atoms with Gasteiger partial charge >= 0.3 is 0 Å². The van der Waals surface area contributed by atoms with Gasteiger partial charge < -0.3 is 26.5 Å². The van der Waals surface area contributed by atoms with Gasteiger partial charge in [0.2, 0.25) is 17.7 Å². The van der Waals surface area contributed by atoms with E-state index in [1.807, 2.05) is 72.8 Å². The predicted octanol–water partition coefficient (Wildman–Crippen LogP) is 26.5. The van der Waals surface area contributed by atoms with E-state index in [0.29, 0.717) is 29.5 Å². The zero-order valence-electron chi connectivity index (χ0n) is 57.7. The highest BCUT2D eigenvalue weighted by molar-refractivity contribution is 6.12. The fourth-order valence-corrected chi connectivity index (χ4v) is 13.9. The molecule has 0 aliphatic heterocycles. The van der Waals surface area contributed by atoms with Crippen LogP contribution < -0.4 is 0 Å². The normalized spacial score (nSPS) is 11.8. The average Bonchev–Trinajstić information content (AvgIpc) is 1.60. The van der Waals surface area contributed by atoms with Gasteiger partial charge in [0.1, 0.15) is 50.0 Å². The first-order valence-corrected chi connectivity index (χ1v) is 35.3. The summed E-state index contributed by atoms with van der Waals surface area (Å²) in [6, 6.07) is 82.2. The van der Waals surface area contributed by atoms with Crippen LogP contribution in [0.1, 0.15) is 113 Å². The van der Waals surface area contributed by atoms with Gasteiger partial charge in [0.15, 0.2) is 16.7 Å². The first-order valence-electron chi connectivity index (χ1n) is 35.3. The first-order chi connectivity index (χ1) is 48.9. The van der Waals surface area contributed by atoms with Crippen molar-refractivity contribution in [1.29, 1.82) is 0 Å². The molecule has 18 aromatic rings. The van der Waals surface area contributed by atoms with Crippen LogP contribution in [0.2, 0.25) is 0 Å². The number of aromatic nitrogens is 3. The summed E-state index contributed by atoms with van der Waals surface area (Å²) < 4.78 is 37.1. The molecule has 0 N–H and O–H groups in total. The molecule has 6 heterocycles. The molecule has 6 aromatic heterocycles. The molecule has 0 spiro atoms. The number of rotatable bonds is 14. The Morgan fingerprint density at radius 3 is 1.04 bits per heavy atom. The van der Waals surface area contributed by atoms with Crippen molar-refractivity contribution < 1.29 is 26.5 Å². The van der Waals surface area contributed by atoms with Crippen LogP contribution in [0.25, 0.3) is 167 Å². The highest BCUT2D eigenvalue weighted by Gasteiger charge is 2.21. The molecule has 0 fully saturated rings. The number of aryl methyl sites for hydroxylation is 4. The van der Waals surface area contributed by atoms with Crippen molar-refractivity contribution in [2.45, 2.75) is 106 Å². The third-order valence-electron chi connectivity index (χ3n) is 19.4. The van der Waals surface area contributed by atoms with Gasteiger partial charge in [0.25, 0.3) is 0 Å². The molecular formula is C91H77N3O6. The highest BCUT2D eigenvalue weighted by atomic mass is 16.4. The summed E-state index contributed by atoms with van der Waals surface area (Å²) >= 11 is 0. The topological polar surface area (TPSA) is 118 Å². The number of nitrogens with zero attached hydrogens (tertiary/aromatic N) is 3. The van der Waals surface area contributed by atoms with Gasteiger partial charge in [-0.2, -0.15) is 0 Å². The lowest BCUT2D eigenvalue weighted by molar-refractivity contribution is 0.619. The Kier molecular flexibility index (Phi) is 16.9. The zero-order chi connectivity index (χ0) is 68.1. The molecule has 0 saturated heterocycles. The van der Waals surface area contributed by atoms with Crippen LogP contribution >= 0.6 is 0 Å². The number of hydrogen-bond acceptors (Lipinski definition) is 9. The maximum absolute atomic E-state index is 6.43. The summed E-state index contributed by atoms with van der Waals surface area (Å²) in [6.45, 7) is 17.8. The average molecular weight is 1310 g/mol. The molecule has 0 unspecified atom stereocenters. The van der Waals surface area contributed by atoms with E-state index in [-0.39, 0.29) is 0 Å². The third kappa shape index (κ3) is 12.1. The molecule has 18 rings (SSSR count). The van der Waals surface area contributed by atoms with Crippen LogP contribution in [-0.2, 0) is 25.7 Å². The van der Waals surface area contributed by atoms with E-state index in [0.717, 1.165) is 155 Å². The lowest BCUT2D eigenvalue weighted by atomic mass is 9.93. The summed E-state index contributed by atoms with van der Waals surface area (Å²) in [6.07, 6.45) is 6.37. The van der Waals surface area contributed by atoms with Crippen LogP contribution in [0, 0.1) is 0 Å². The van der Waals surface area contributed by atoms with Crippen LogP contribution in [0.5, 0.6) is 0 Å². The standard InChI is InChI=1S/2C31H27NO2.C29H23NO2/c1-18(2)22-13-14-28-25(15-22)26-17-23(19(3)4)16-24(30(26)33-28)20-9-11-21(12-10-20)31-32-27-7-5-6-8-29(27)34-31;1-3-7-20-11-16-28-25(17-20)26-19-21(8-4-2)18-24(30(26)33-28)22-12-14-23(15-13-22)31-32-27-9-5-6-10-29(27)34-31;1-3-18-9-14-26-23(15-18)24-17-19(4-2)16-22(28(24)31-26)20-10-12-21(13-11-20)29-30-25-7-5-6-8-27(25)32-29/h5-19H,1-4H3;5-6,9-19H,3-4,7-8H2,1-2H3;5-17H,3-4H2,1-2H3. The molecule has 9 heteroatoms. The Balaban J connectivity index is 0.000000117. The summed E-state index contributed by atoms with van der Waals surface area (Å²) in [4.78, 5) is 13.9. The molecule has 0 amide bonds. The van der Waals surface area contributed by atoms with Gasteiger partial charge in [-0.15, -0.1) is 0 Å². The fraction of sp³-hybridized carbons (Fsp3) is 0.176. The lowest BCUT2D eigenvalue weighted by Gasteiger charge is -2.10. The zero-order valence-corrected chi connectivity index (χ0v) is 57.7. The lowest BCUT2D eigenvalue weighted by Crippen LogP contribution is -1.90. The second-order valence-electron chi connectivity index (χ2n) is 26.9. The summed E-state index contributed by atoms with van der Waals surface area (Å²) in [5.41, 5.74) is 28.3. The second-order valence-corrected chi connectivity index (χ2v) is 26.9. The van der Waals surface area contributed by atoms with E-state index in [1.165, 1.54) is 65.7 Å². The second kappa shape index (κ2) is 26.7. The number of hydrogen-bond donors (Lipinski definition) is 0. The fourth-order valence-electron chi connectivity index (χ4n) is 13.9. The minimum Gasteiger partial charge on any atom is -0.455 e. The van der Waals surface area contributed by atoms with Gasteiger partial charge in [0, 0.05) is 65.7 Å². The molecule has 9 nitrogen and oxygen atoms in total. The number of oxazole rings is 3. The molecule has 0 aliphatic carbocycles. The summed E-state index contributed by atoms with van der Waals surface area (Å²) in [5, 5.41) is 7.17. The summed E-state index contributed by atoms with van der Waals surface area (Å²) in [5.74, 6) is 2.81. The third-order valence-corrected chi connectivity index (χ3v) is 19.4. The van der Waals surface area contributed by atoms with Crippen molar-refractivity contribution in [3.8, 4) is 67.7 Å². The van der Waals surface area contributed by atoms with Gasteiger partial charge in [-0.3, -0.25) is 0 Å². The smallest absolute Gasteiger partial charge is 0.227 e. The molecule has 100 heavy (non-hydrogen) atoms. The Hall–Kier alpha value is -11.6. The van der Waals surface area contributed by atoms with Crippen LogP contribution in [0.15, 0.2) is 263 Å². The maximum atomic E-state index is 6.43. The molecule has 0 saturated carbocycles. The van der Waals surface area contributed by atoms with Crippen LogP contribution in [0.3, 0.4) is 0 Å². The maximum Gasteiger partial charge on any atom is 0.227 e. The molecule has 0 aliphatic rings. The molecule has 0 bridgehead atoms. The SMILES string of the molecule is CC(C)c1ccc2oc3c(-c4ccc(-c5nc6ccccc6o5)cc4)cc(C(C)C)cc3c2c1.CCCc1ccc2oc3c(-c4ccc(-c5nc6ccccc6o5)cc4)cc(CCC)cc3c2c1.CCc1ccc2oc3c(-c4ccc(-c5nc6ccccc6o5)cc4)cc(CC)cc3c2c1. The Morgan fingerprint density at radius 1 is 0.270 bits per heavy atom. The predicted molar refractivity (Wildman–Crippen MR) is 411 cm³/mol. The van der Waals surface area contributed by atoms with Crippen molar-refractivity contribution in [2.24, 2.45) is 0 Å². The number of para-hydroxylation sites is 6. The molecule has 492 valence electrons. The van der Waals surface area contributed by atoms with Gasteiger partial charge in [-0.05, 0) is 233 Å². The van der Waals surface area contributed by atoms with Crippen molar-refractivity contribution in [2.75, 3.05) is 0 Å². The van der Waals surface area contributed by atoms with Gasteiger partial charge in [-0.1, -0.05) is 159 Å². The minimum absolute atomic E-state index is 0.417. The minimum atomic E-state index is 0.417. The number of furan rings is 3. The van der Waals surface area contributed by atoms with Crippen molar-refractivity contribution in [3.63, 3.8) is 0 Å². The van der Waals surface area contributed by atoms with Crippen molar-refractivity contribution >= 4 is 99.1 Å². The van der Waals surface area contributed by atoms with Crippen molar-refractivity contribution in [3.05, 3.63) is 270 Å². The number of fused-ring (bicyclic) bond motifs is 12. The Bertz CT molecular complexity index is 5930.